The molecule has 1 aromatic carbocycles. The standard InChI is InChI=1S/C20H17F3N4O2/c21-20(22,23)16-9-5-4-8-14(16)11-29-12-15-10-17(28)27-19(24-15)25-18(26-27)13-6-2-1-3-7-13/h1-8,10,16H,9,11-12H2,(H,24,25,26). The number of nitrogens with zero attached hydrogens (tertiary/aromatic N) is 3. The highest BCUT2D eigenvalue weighted by atomic mass is 19.4. The van der Waals surface area contributed by atoms with Gasteiger partial charge in [-0.1, -0.05) is 48.6 Å². The van der Waals surface area contributed by atoms with Crippen molar-refractivity contribution in [3.8, 4) is 11.4 Å². The van der Waals surface area contributed by atoms with Gasteiger partial charge in [0.05, 0.1) is 24.8 Å². The summed E-state index contributed by atoms with van der Waals surface area (Å²) in [5, 5.41) is 2.89. The van der Waals surface area contributed by atoms with Gasteiger partial charge in [-0.3, -0.25) is 9.89 Å². The number of benzene rings is 1. The first-order chi connectivity index (χ1) is 13.9. The van der Waals surface area contributed by atoms with Crippen LogP contribution in [-0.4, -0.2) is 32.4 Å². The van der Waals surface area contributed by atoms with Gasteiger partial charge in [0.1, 0.15) is 0 Å². The minimum Gasteiger partial charge on any atom is -0.371 e. The lowest BCUT2D eigenvalue weighted by molar-refractivity contribution is -0.165. The predicted octanol–water partition coefficient (Wildman–Crippen LogP) is 3.67. The van der Waals surface area contributed by atoms with Crippen LogP contribution in [0, 0.1) is 5.92 Å². The van der Waals surface area contributed by atoms with E-state index in [9.17, 15) is 18.0 Å². The van der Waals surface area contributed by atoms with Crippen LogP contribution >= 0.6 is 0 Å². The quantitative estimate of drug-likeness (QED) is 0.707. The van der Waals surface area contributed by atoms with Gasteiger partial charge >= 0.3 is 6.18 Å². The SMILES string of the molecule is O=c1cc(COCC2=CC=CCC2C(F)(F)F)nc2nc(-c3ccccc3)[nH]n12. The van der Waals surface area contributed by atoms with E-state index in [1.165, 1.54) is 22.7 Å². The molecule has 1 N–H and O–H groups in total. The van der Waals surface area contributed by atoms with Crippen LogP contribution in [0.5, 0.6) is 0 Å². The lowest BCUT2D eigenvalue weighted by Gasteiger charge is -2.24. The number of ether oxygens (including phenoxy) is 1. The molecule has 3 aromatic rings. The van der Waals surface area contributed by atoms with Gasteiger partial charge in [-0.2, -0.15) is 22.7 Å². The fourth-order valence-corrected chi connectivity index (χ4v) is 3.17. The maximum absolute atomic E-state index is 13.1. The number of hydrogen-bond acceptors (Lipinski definition) is 4. The molecule has 0 fully saturated rings. The van der Waals surface area contributed by atoms with E-state index in [1.807, 2.05) is 30.3 Å². The normalized spacial score (nSPS) is 16.9. The molecule has 1 atom stereocenters. The summed E-state index contributed by atoms with van der Waals surface area (Å²) in [5.74, 6) is -0.892. The Morgan fingerprint density at radius 2 is 1.97 bits per heavy atom. The van der Waals surface area contributed by atoms with Crippen molar-refractivity contribution >= 4 is 5.78 Å². The summed E-state index contributed by atoms with van der Waals surface area (Å²) >= 11 is 0. The van der Waals surface area contributed by atoms with E-state index in [0.29, 0.717) is 11.5 Å². The van der Waals surface area contributed by atoms with Gasteiger partial charge in [-0.05, 0) is 12.0 Å². The molecule has 1 aliphatic carbocycles. The molecule has 4 rings (SSSR count). The summed E-state index contributed by atoms with van der Waals surface area (Å²) in [5.41, 5.74) is 0.877. The zero-order chi connectivity index (χ0) is 20.4. The zero-order valence-electron chi connectivity index (χ0n) is 15.2. The molecule has 6 nitrogen and oxygen atoms in total. The average molecular weight is 402 g/mol. The molecule has 0 spiro atoms. The second-order valence-corrected chi connectivity index (χ2v) is 6.65. The molecule has 2 heterocycles. The highest BCUT2D eigenvalue weighted by Gasteiger charge is 2.41. The number of aromatic nitrogens is 4. The van der Waals surface area contributed by atoms with E-state index in [2.05, 4.69) is 15.1 Å². The van der Waals surface area contributed by atoms with Crippen molar-refractivity contribution in [2.45, 2.75) is 19.2 Å². The molecular formula is C20H17F3N4O2. The molecule has 0 bridgehead atoms. The Morgan fingerprint density at radius 3 is 2.72 bits per heavy atom. The Morgan fingerprint density at radius 1 is 1.17 bits per heavy atom. The smallest absolute Gasteiger partial charge is 0.371 e. The van der Waals surface area contributed by atoms with Crippen molar-refractivity contribution in [1.82, 2.24) is 19.6 Å². The summed E-state index contributed by atoms with van der Waals surface area (Å²) in [6.45, 7) is -0.281. The van der Waals surface area contributed by atoms with Crippen molar-refractivity contribution < 1.29 is 17.9 Å². The van der Waals surface area contributed by atoms with Crippen LogP contribution < -0.4 is 5.56 Å². The Kier molecular flexibility index (Phi) is 5.06. The molecule has 0 saturated heterocycles. The highest BCUT2D eigenvalue weighted by Crippen LogP contribution is 2.36. The number of H-pyrrole nitrogens is 1. The molecule has 0 saturated carbocycles. The van der Waals surface area contributed by atoms with E-state index in [-0.39, 0.29) is 36.5 Å². The van der Waals surface area contributed by atoms with Gasteiger partial charge in [0, 0.05) is 11.6 Å². The van der Waals surface area contributed by atoms with Crippen LogP contribution in [0.15, 0.2) is 65.0 Å². The van der Waals surface area contributed by atoms with Crippen LogP contribution in [-0.2, 0) is 11.3 Å². The van der Waals surface area contributed by atoms with E-state index in [4.69, 9.17) is 4.74 Å². The fraction of sp³-hybridized carbons (Fsp3) is 0.250. The molecule has 150 valence electrons. The fourth-order valence-electron chi connectivity index (χ4n) is 3.17. The van der Waals surface area contributed by atoms with Gasteiger partial charge < -0.3 is 4.74 Å². The molecular weight excluding hydrogens is 385 g/mol. The van der Waals surface area contributed by atoms with Crippen molar-refractivity contribution in [3.63, 3.8) is 0 Å². The Labute approximate surface area is 163 Å². The van der Waals surface area contributed by atoms with Gasteiger partial charge in [-0.25, -0.2) is 4.98 Å². The number of fused-ring (bicyclic) bond motifs is 1. The lowest BCUT2D eigenvalue weighted by atomic mass is 9.91. The topological polar surface area (TPSA) is 72.3 Å². The van der Waals surface area contributed by atoms with Gasteiger partial charge in [0.15, 0.2) is 5.82 Å². The molecule has 0 aliphatic heterocycles. The highest BCUT2D eigenvalue weighted by molar-refractivity contribution is 5.56. The number of alkyl halides is 3. The van der Waals surface area contributed by atoms with Crippen LogP contribution in [0.4, 0.5) is 13.2 Å². The number of nitrogens with one attached hydrogen (secondary N) is 1. The second-order valence-electron chi connectivity index (χ2n) is 6.65. The van der Waals surface area contributed by atoms with E-state index in [0.717, 1.165) is 5.56 Å². The van der Waals surface area contributed by atoms with Crippen molar-refractivity contribution in [3.05, 3.63) is 76.2 Å². The van der Waals surface area contributed by atoms with Crippen LogP contribution in [0.2, 0.25) is 0 Å². The molecule has 0 amide bonds. The second kappa shape index (κ2) is 7.67. The summed E-state index contributed by atoms with van der Waals surface area (Å²) in [4.78, 5) is 20.9. The van der Waals surface area contributed by atoms with Gasteiger partial charge in [0.25, 0.3) is 11.3 Å². The number of aromatic amines is 1. The molecule has 0 radical (unpaired) electrons. The number of hydrogen-bond donors (Lipinski definition) is 1. The summed E-state index contributed by atoms with van der Waals surface area (Å²) in [6, 6.07) is 10.5. The monoisotopic (exact) mass is 402 g/mol. The Bertz CT molecular complexity index is 1130. The molecule has 1 aliphatic rings. The minimum absolute atomic E-state index is 0.0924. The first-order valence-electron chi connectivity index (χ1n) is 8.96. The van der Waals surface area contributed by atoms with Crippen molar-refractivity contribution in [2.24, 2.45) is 5.92 Å². The van der Waals surface area contributed by atoms with Gasteiger partial charge in [-0.15, -0.1) is 0 Å². The summed E-state index contributed by atoms with van der Waals surface area (Å²) in [7, 11) is 0. The Hall–Kier alpha value is -3.20. The summed E-state index contributed by atoms with van der Waals surface area (Å²) in [6.07, 6.45) is 0.0814. The van der Waals surface area contributed by atoms with Gasteiger partial charge in [0.2, 0.25) is 0 Å². The third-order valence-corrected chi connectivity index (χ3v) is 4.61. The third kappa shape index (κ3) is 4.14. The average Bonchev–Trinajstić information content (AvgIpc) is 3.13. The van der Waals surface area contributed by atoms with E-state index in [1.54, 1.807) is 6.08 Å². The largest absolute Gasteiger partial charge is 0.395 e. The number of halogens is 3. The number of rotatable bonds is 5. The Balaban J connectivity index is 1.49. The summed E-state index contributed by atoms with van der Waals surface area (Å²) < 4.78 is 46.0. The minimum atomic E-state index is -4.32. The van der Waals surface area contributed by atoms with E-state index >= 15 is 0 Å². The lowest BCUT2D eigenvalue weighted by Crippen LogP contribution is -2.27. The predicted molar refractivity (Wildman–Crippen MR) is 100 cm³/mol. The first-order valence-corrected chi connectivity index (χ1v) is 8.96. The van der Waals surface area contributed by atoms with Crippen molar-refractivity contribution in [2.75, 3.05) is 6.61 Å². The maximum atomic E-state index is 13.1. The number of allylic oxidation sites excluding steroid dienone is 3. The third-order valence-electron chi connectivity index (χ3n) is 4.61. The molecule has 29 heavy (non-hydrogen) atoms. The molecule has 9 heteroatoms. The van der Waals surface area contributed by atoms with E-state index < -0.39 is 12.1 Å². The zero-order valence-corrected chi connectivity index (χ0v) is 15.2. The first kappa shape index (κ1) is 19.1. The van der Waals surface area contributed by atoms with Crippen LogP contribution in [0.25, 0.3) is 17.2 Å². The molecule has 1 unspecified atom stereocenters. The van der Waals surface area contributed by atoms with Crippen LogP contribution in [0.1, 0.15) is 12.1 Å². The van der Waals surface area contributed by atoms with Crippen molar-refractivity contribution in [1.29, 1.82) is 0 Å². The van der Waals surface area contributed by atoms with Crippen LogP contribution in [0.3, 0.4) is 0 Å². The maximum Gasteiger partial charge on any atom is 0.395 e. The molecule has 2 aromatic heterocycles.